The predicted molar refractivity (Wildman–Crippen MR) is 105 cm³/mol. The van der Waals surface area contributed by atoms with Crippen molar-refractivity contribution in [3.8, 4) is 5.75 Å². The molecule has 136 valence electrons. The van der Waals surface area contributed by atoms with Crippen LogP contribution in [0, 0.1) is 0 Å². The number of ether oxygens (including phenoxy) is 1. The zero-order valence-electron chi connectivity index (χ0n) is 14.8. The van der Waals surface area contributed by atoms with Crippen molar-refractivity contribution in [3.05, 3.63) is 90.5 Å². The van der Waals surface area contributed by atoms with Gasteiger partial charge in [-0.05, 0) is 28.5 Å². The SMILES string of the molecule is C=CCOc1ccccc1C(=O)NNC(=O)Cc1cccc2ccccc12. The number of amides is 2. The smallest absolute Gasteiger partial charge is 0.273 e. The van der Waals surface area contributed by atoms with Crippen molar-refractivity contribution in [2.45, 2.75) is 6.42 Å². The van der Waals surface area contributed by atoms with Crippen LogP contribution in [0.4, 0.5) is 0 Å². The second kappa shape index (κ2) is 8.67. The monoisotopic (exact) mass is 360 g/mol. The van der Waals surface area contributed by atoms with E-state index in [1.54, 1.807) is 30.3 Å². The van der Waals surface area contributed by atoms with Crippen LogP contribution in [-0.2, 0) is 11.2 Å². The van der Waals surface area contributed by atoms with Gasteiger partial charge in [-0.25, -0.2) is 0 Å². The van der Waals surface area contributed by atoms with Gasteiger partial charge in [0.25, 0.3) is 5.91 Å². The Morgan fingerprint density at radius 3 is 2.52 bits per heavy atom. The zero-order chi connectivity index (χ0) is 19.1. The van der Waals surface area contributed by atoms with E-state index < -0.39 is 5.91 Å². The second-order valence-electron chi connectivity index (χ2n) is 5.91. The summed E-state index contributed by atoms with van der Waals surface area (Å²) in [6.07, 6.45) is 1.76. The number of carbonyl (C=O) groups is 2. The van der Waals surface area contributed by atoms with E-state index in [2.05, 4.69) is 17.4 Å². The number of nitrogens with one attached hydrogen (secondary N) is 2. The number of benzene rings is 3. The lowest BCUT2D eigenvalue weighted by atomic mass is 10.0. The maximum Gasteiger partial charge on any atom is 0.273 e. The average molecular weight is 360 g/mol. The van der Waals surface area contributed by atoms with Gasteiger partial charge in [0, 0.05) is 0 Å². The topological polar surface area (TPSA) is 67.4 Å². The Hall–Kier alpha value is -3.60. The summed E-state index contributed by atoms with van der Waals surface area (Å²) in [4.78, 5) is 24.6. The number of carbonyl (C=O) groups excluding carboxylic acids is 2. The fourth-order valence-electron chi connectivity index (χ4n) is 2.79. The molecule has 0 saturated carbocycles. The van der Waals surface area contributed by atoms with Crippen LogP contribution in [0.1, 0.15) is 15.9 Å². The standard InChI is InChI=1S/C22H20N2O3/c1-2-14-27-20-13-6-5-12-19(20)22(26)24-23-21(25)15-17-10-7-9-16-8-3-4-11-18(16)17/h2-13H,1,14-15H2,(H,23,25)(H,24,26). The summed E-state index contributed by atoms with van der Waals surface area (Å²) in [5, 5.41) is 2.09. The Bertz CT molecular complexity index is 977. The normalized spacial score (nSPS) is 10.2. The first-order chi connectivity index (χ1) is 13.2. The third-order valence-corrected chi connectivity index (χ3v) is 4.03. The van der Waals surface area contributed by atoms with E-state index in [0.29, 0.717) is 11.3 Å². The van der Waals surface area contributed by atoms with Crippen molar-refractivity contribution in [2.24, 2.45) is 0 Å². The Balaban J connectivity index is 1.64. The van der Waals surface area contributed by atoms with E-state index in [-0.39, 0.29) is 18.9 Å². The van der Waals surface area contributed by atoms with Gasteiger partial charge in [0.05, 0.1) is 12.0 Å². The summed E-state index contributed by atoms with van der Waals surface area (Å²) >= 11 is 0. The molecule has 3 aromatic carbocycles. The number of hydrogen-bond donors (Lipinski definition) is 2. The van der Waals surface area contributed by atoms with Crippen molar-refractivity contribution in [1.29, 1.82) is 0 Å². The highest BCUT2D eigenvalue weighted by Crippen LogP contribution is 2.19. The molecular formula is C22H20N2O3. The van der Waals surface area contributed by atoms with Gasteiger partial charge in [0.2, 0.25) is 5.91 Å². The molecule has 0 aliphatic heterocycles. The van der Waals surface area contributed by atoms with Crippen molar-refractivity contribution in [1.82, 2.24) is 10.9 Å². The van der Waals surface area contributed by atoms with Gasteiger partial charge >= 0.3 is 0 Å². The fraction of sp³-hybridized carbons (Fsp3) is 0.0909. The van der Waals surface area contributed by atoms with Gasteiger partial charge in [-0.2, -0.15) is 0 Å². The Morgan fingerprint density at radius 2 is 1.67 bits per heavy atom. The fourth-order valence-corrected chi connectivity index (χ4v) is 2.79. The third-order valence-electron chi connectivity index (χ3n) is 4.03. The Kier molecular flexibility index (Phi) is 5.84. The van der Waals surface area contributed by atoms with Gasteiger partial charge in [0.1, 0.15) is 12.4 Å². The molecule has 5 heteroatoms. The quantitative estimate of drug-likeness (QED) is 0.523. The number of hydrogen-bond acceptors (Lipinski definition) is 3. The summed E-state index contributed by atoms with van der Waals surface area (Å²) in [5.41, 5.74) is 6.14. The van der Waals surface area contributed by atoms with Crippen molar-refractivity contribution in [3.63, 3.8) is 0 Å². The van der Waals surface area contributed by atoms with Crippen molar-refractivity contribution in [2.75, 3.05) is 6.61 Å². The van der Waals surface area contributed by atoms with Crippen LogP contribution >= 0.6 is 0 Å². The molecule has 0 atom stereocenters. The van der Waals surface area contributed by atoms with Crippen LogP contribution in [0.15, 0.2) is 79.4 Å². The largest absolute Gasteiger partial charge is 0.489 e. The van der Waals surface area contributed by atoms with Crippen LogP contribution in [0.2, 0.25) is 0 Å². The lowest BCUT2D eigenvalue weighted by Gasteiger charge is -2.12. The maximum absolute atomic E-state index is 12.4. The molecule has 0 aliphatic carbocycles. The van der Waals surface area contributed by atoms with Crippen LogP contribution in [0.5, 0.6) is 5.75 Å². The first kappa shape index (κ1) is 18.2. The minimum atomic E-state index is -0.444. The van der Waals surface area contributed by atoms with Gasteiger partial charge in [-0.15, -0.1) is 0 Å². The lowest BCUT2D eigenvalue weighted by molar-refractivity contribution is -0.121. The van der Waals surface area contributed by atoms with Gasteiger partial charge in [-0.3, -0.25) is 20.4 Å². The lowest BCUT2D eigenvalue weighted by Crippen LogP contribution is -2.42. The van der Waals surface area contributed by atoms with Crippen LogP contribution < -0.4 is 15.6 Å². The van der Waals surface area contributed by atoms with Gasteiger partial charge < -0.3 is 4.74 Å². The summed E-state index contributed by atoms with van der Waals surface area (Å²) in [5.74, 6) is -0.316. The summed E-state index contributed by atoms with van der Waals surface area (Å²) in [6, 6.07) is 20.5. The zero-order valence-corrected chi connectivity index (χ0v) is 14.8. The first-order valence-electron chi connectivity index (χ1n) is 8.57. The molecule has 0 spiro atoms. The number of para-hydroxylation sites is 1. The summed E-state index contributed by atoms with van der Waals surface area (Å²) in [7, 11) is 0. The van der Waals surface area contributed by atoms with E-state index in [9.17, 15) is 9.59 Å². The highest BCUT2D eigenvalue weighted by Gasteiger charge is 2.13. The highest BCUT2D eigenvalue weighted by molar-refractivity contribution is 5.98. The molecule has 3 rings (SSSR count). The highest BCUT2D eigenvalue weighted by atomic mass is 16.5. The molecule has 0 bridgehead atoms. The van der Waals surface area contributed by atoms with E-state index >= 15 is 0 Å². The molecule has 3 aromatic rings. The molecule has 27 heavy (non-hydrogen) atoms. The molecule has 0 unspecified atom stereocenters. The molecule has 0 saturated heterocycles. The van der Waals surface area contributed by atoms with Gasteiger partial charge in [0.15, 0.2) is 0 Å². The summed E-state index contributed by atoms with van der Waals surface area (Å²) in [6.45, 7) is 3.88. The van der Waals surface area contributed by atoms with Crippen LogP contribution in [0.3, 0.4) is 0 Å². The molecule has 2 N–H and O–H groups in total. The number of fused-ring (bicyclic) bond motifs is 1. The van der Waals surface area contributed by atoms with Crippen molar-refractivity contribution >= 4 is 22.6 Å². The Labute approximate surface area is 157 Å². The molecule has 0 fully saturated rings. The number of hydrazine groups is 1. The average Bonchev–Trinajstić information content (AvgIpc) is 2.71. The first-order valence-corrected chi connectivity index (χ1v) is 8.57. The molecule has 0 aliphatic rings. The molecular weight excluding hydrogens is 340 g/mol. The molecule has 0 aromatic heterocycles. The molecule has 0 heterocycles. The second-order valence-corrected chi connectivity index (χ2v) is 5.91. The molecule has 5 nitrogen and oxygen atoms in total. The Morgan fingerprint density at radius 1 is 0.926 bits per heavy atom. The molecule has 2 amide bonds. The van der Waals surface area contributed by atoms with Crippen LogP contribution in [-0.4, -0.2) is 18.4 Å². The predicted octanol–water partition coefficient (Wildman–Crippen LogP) is 3.41. The summed E-state index contributed by atoms with van der Waals surface area (Å²) < 4.78 is 5.47. The molecule has 0 radical (unpaired) electrons. The van der Waals surface area contributed by atoms with E-state index in [1.165, 1.54) is 0 Å². The van der Waals surface area contributed by atoms with Gasteiger partial charge in [-0.1, -0.05) is 67.3 Å². The minimum absolute atomic E-state index is 0.163. The third kappa shape index (κ3) is 4.52. The minimum Gasteiger partial charge on any atom is -0.489 e. The number of rotatable bonds is 6. The van der Waals surface area contributed by atoms with Crippen LogP contribution in [0.25, 0.3) is 10.8 Å². The van der Waals surface area contributed by atoms with E-state index in [4.69, 9.17) is 4.74 Å². The maximum atomic E-state index is 12.4. The van der Waals surface area contributed by atoms with E-state index in [1.807, 2.05) is 42.5 Å². The van der Waals surface area contributed by atoms with E-state index in [0.717, 1.165) is 16.3 Å². The van der Waals surface area contributed by atoms with Crippen molar-refractivity contribution < 1.29 is 14.3 Å².